The molecule has 0 saturated carbocycles. The Kier molecular flexibility index (Phi) is 5.69. The second-order valence-electron chi connectivity index (χ2n) is 5.85. The van der Waals surface area contributed by atoms with Gasteiger partial charge in [-0.3, -0.25) is 4.79 Å². The van der Waals surface area contributed by atoms with Gasteiger partial charge in [-0.1, -0.05) is 17.8 Å². The van der Waals surface area contributed by atoms with Gasteiger partial charge in [-0.25, -0.2) is 13.8 Å². The number of thioether (sulfide) groups is 1. The summed E-state index contributed by atoms with van der Waals surface area (Å²) in [6.45, 7) is 0. The fourth-order valence-corrected chi connectivity index (χ4v) is 4.66. The molecule has 0 radical (unpaired) electrons. The van der Waals surface area contributed by atoms with Crippen LogP contribution in [0.15, 0.2) is 46.2 Å². The Labute approximate surface area is 176 Å². The number of nitrogens with one attached hydrogen (secondary N) is 1. The monoisotopic (exact) mass is 449 g/mol. The summed E-state index contributed by atoms with van der Waals surface area (Å²) in [5, 5.41) is 15.7. The van der Waals surface area contributed by atoms with Crippen molar-refractivity contribution < 1.29 is 13.6 Å². The van der Waals surface area contributed by atoms with Crippen molar-refractivity contribution >= 4 is 45.5 Å². The number of hydrogen-bond acceptors (Lipinski definition) is 7. The molecule has 0 bridgehead atoms. The van der Waals surface area contributed by atoms with Crippen LogP contribution >= 0.6 is 34.4 Å². The predicted molar refractivity (Wildman–Crippen MR) is 111 cm³/mol. The number of thiazole rings is 1. The van der Waals surface area contributed by atoms with E-state index in [0.717, 1.165) is 22.8 Å². The maximum Gasteiger partial charge on any atom is 0.236 e. The molecule has 0 aliphatic carbocycles. The zero-order chi connectivity index (χ0) is 20.4. The minimum Gasteiger partial charge on any atom is -0.304 e. The molecule has 4 rings (SSSR count). The molecule has 0 atom stereocenters. The van der Waals surface area contributed by atoms with Gasteiger partial charge in [0.2, 0.25) is 5.91 Å². The Morgan fingerprint density at radius 3 is 2.83 bits per heavy atom. The average Bonchev–Trinajstić information content (AvgIpc) is 3.44. The third kappa shape index (κ3) is 4.36. The summed E-state index contributed by atoms with van der Waals surface area (Å²) in [7, 11) is 1.85. The highest BCUT2D eigenvalue weighted by Gasteiger charge is 2.15. The van der Waals surface area contributed by atoms with Crippen molar-refractivity contribution in [3.8, 4) is 22.0 Å². The fraction of sp³-hybridized carbons (Fsp3) is 0.111. The quantitative estimate of drug-likeness (QED) is 0.433. The molecule has 29 heavy (non-hydrogen) atoms. The second kappa shape index (κ2) is 8.39. The molecule has 3 heterocycles. The SMILES string of the molecule is Cn1c(SCC(=O)Nc2nc(-c3ccc(F)c(F)c3)cs2)nnc1-c1cccs1. The van der Waals surface area contributed by atoms with Crippen LogP contribution in [-0.2, 0) is 11.8 Å². The molecule has 0 unspecified atom stereocenters. The lowest BCUT2D eigenvalue weighted by atomic mass is 10.2. The van der Waals surface area contributed by atoms with E-state index in [1.54, 1.807) is 16.7 Å². The average molecular weight is 450 g/mol. The van der Waals surface area contributed by atoms with Crippen LogP contribution in [0.25, 0.3) is 22.0 Å². The number of aromatic nitrogens is 4. The Balaban J connectivity index is 1.37. The summed E-state index contributed by atoms with van der Waals surface area (Å²) in [4.78, 5) is 17.5. The van der Waals surface area contributed by atoms with Crippen LogP contribution in [0.1, 0.15) is 0 Å². The maximum absolute atomic E-state index is 13.4. The van der Waals surface area contributed by atoms with Gasteiger partial charge in [-0.05, 0) is 29.6 Å². The van der Waals surface area contributed by atoms with Crippen LogP contribution in [0.4, 0.5) is 13.9 Å². The molecule has 1 aromatic carbocycles. The number of nitrogens with zero attached hydrogens (tertiary/aromatic N) is 4. The third-order valence-electron chi connectivity index (χ3n) is 3.87. The summed E-state index contributed by atoms with van der Waals surface area (Å²) in [6.07, 6.45) is 0. The number of carbonyl (C=O) groups excluding carboxylic acids is 1. The molecule has 148 valence electrons. The van der Waals surface area contributed by atoms with Gasteiger partial charge in [0.05, 0.1) is 16.3 Å². The zero-order valence-electron chi connectivity index (χ0n) is 14.9. The summed E-state index contributed by atoms with van der Waals surface area (Å²) >= 11 is 4.05. The summed E-state index contributed by atoms with van der Waals surface area (Å²) in [5.41, 5.74) is 0.904. The minimum absolute atomic E-state index is 0.135. The minimum atomic E-state index is -0.942. The Hall–Kier alpha value is -2.63. The highest BCUT2D eigenvalue weighted by Crippen LogP contribution is 2.28. The van der Waals surface area contributed by atoms with Crippen LogP contribution in [0.5, 0.6) is 0 Å². The summed E-state index contributed by atoms with van der Waals surface area (Å²) in [5.74, 6) is -1.22. The van der Waals surface area contributed by atoms with Gasteiger partial charge >= 0.3 is 0 Å². The first-order chi connectivity index (χ1) is 14.0. The number of benzene rings is 1. The summed E-state index contributed by atoms with van der Waals surface area (Å²) < 4.78 is 28.3. The third-order valence-corrected chi connectivity index (χ3v) is 6.52. The molecule has 1 amide bonds. The Morgan fingerprint density at radius 2 is 2.07 bits per heavy atom. The molecular formula is C18H13F2N5OS3. The van der Waals surface area contributed by atoms with E-state index in [4.69, 9.17) is 0 Å². The molecule has 1 N–H and O–H groups in total. The zero-order valence-corrected chi connectivity index (χ0v) is 17.4. The van der Waals surface area contributed by atoms with Crippen molar-refractivity contribution in [2.75, 3.05) is 11.1 Å². The molecule has 11 heteroatoms. The van der Waals surface area contributed by atoms with Crippen LogP contribution in [0, 0.1) is 11.6 Å². The van der Waals surface area contributed by atoms with Crippen LogP contribution in [-0.4, -0.2) is 31.4 Å². The van der Waals surface area contributed by atoms with E-state index in [9.17, 15) is 13.6 Å². The largest absolute Gasteiger partial charge is 0.304 e. The normalized spacial score (nSPS) is 11.0. The van der Waals surface area contributed by atoms with E-state index in [0.29, 0.717) is 21.5 Å². The van der Waals surface area contributed by atoms with Crippen molar-refractivity contribution in [2.45, 2.75) is 5.16 Å². The van der Waals surface area contributed by atoms with E-state index >= 15 is 0 Å². The maximum atomic E-state index is 13.4. The Bertz CT molecular complexity index is 1160. The lowest BCUT2D eigenvalue weighted by Crippen LogP contribution is -2.14. The number of amides is 1. The molecule has 0 spiro atoms. The van der Waals surface area contributed by atoms with Gasteiger partial charge in [0.1, 0.15) is 0 Å². The molecule has 6 nitrogen and oxygen atoms in total. The lowest BCUT2D eigenvalue weighted by molar-refractivity contribution is -0.113. The number of halogens is 2. The molecule has 0 aliphatic heterocycles. The van der Waals surface area contributed by atoms with E-state index < -0.39 is 11.6 Å². The van der Waals surface area contributed by atoms with E-state index in [2.05, 4.69) is 20.5 Å². The first-order valence-electron chi connectivity index (χ1n) is 8.28. The van der Waals surface area contributed by atoms with Gasteiger partial charge in [0.25, 0.3) is 0 Å². The van der Waals surface area contributed by atoms with E-state index in [1.807, 2.05) is 29.1 Å². The van der Waals surface area contributed by atoms with Crippen LogP contribution in [0.3, 0.4) is 0 Å². The second-order valence-corrected chi connectivity index (χ2v) is 8.59. The van der Waals surface area contributed by atoms with Crippen LogP contribution < -0.4 is 5.32 Å². The Morgan fingerprint density at radius 1 is 1.21 bits per heavy atom. The van der Waals surface area contributed by atoms with E-state index in [-0.39, 0.29) is 11.7 Å². The van der Waals surface area contributed by atoms with Gasteiger partial charge < -0.3 is 9.88 Å². The molecule has 0 aliphatic rings. The molecule has 4 aromatic rings. The highest BCUT2D eigenvalue weighted by atomic mass is 32.2. The standard InChI is InChI=1S/C18H13F2N5OS3/c1-25-16(14-3-2-6-27-14)23-24-18(25)29-9-15(26)22-17-21-13(8-28-17)10-4-5-11(19)12(20)7-10/h2-8H,9H2,1H3,(H,21,22,26). The first-order valence-corrected chi connectivity index (χ1v) is 11.0. The van der Waals surface area contributed by atoms with Crippen LogP contribution in [0.2, 0.25) is 0 Å². The topological polar surface area (TPSA) is 72.7 Å². The van der Waals surface area contributed by atoms with Crippen molar-refractivity contribution in [3.63, 3.8) is 0 Å². The van der Waals surface area contributed by atoms with Crippen molar-refractivity contribution in [3.05, 3.63) is 52.7 Å². The number of carbonyl (C=O) groups is 1. The fourth-order valence-electron chi connectivity index (χ4n) is 2.47. The number of hydrogen-bond donors (Lipinski definition) is 1. The predicted octanol–water partition coefficient (Wildman–Crippen LogP) is 4.68. The van der Waals surface area contributed by atoms with Gasteiger partial charge in [-0.15, -0.1) is 32.9 Å². The molecule has 3 aromatic heterocycles. The lowest BCUT2D eigenvalue weighted by Gasteiger charge is -2.03. The first kappa shape index (κ1) is 19.7. The molecule has 0 saturated heterocycles. The molecule has 0 fully saturated rings. The number of rotatable bonds is 6. The van der Waals surface area contributed by atoms with Gasteiger partial charge in [-0.2, -0.15) is 0 Å². The number of thiophene rings is 1. The molecular weight excluding hydrogens is 436 g/mol. The highest BCUT2D eigenvalue weighted by molar-refractivity contribution is 7.99. The smallest absolute Gasteiger partial charge is 0.236 e. The van der Waals surface area contributed by atoms with Crippen molar-refractivity contribution in [1.82, 2.24) is 19.7 Å². The van der Waals surface area contributed by atoms with E-state index in [1.165, 1.54) is 29.2 Å². The summed E-state index contributed by atoms with van der Waals surface area (Å²) in [6, 6.07) is 7.46. The van der Waals surface area contributed by atoms with Crippen molar-refractivity contribution in [1.29, 1.82) is 0 Å². The van der Waals surface area contributed by atoms with Gasteiger partial charge in [0.15, 0.2) is 27.7 Å². The van der Waals surface area contributed by atoms with Gasteiger partial charge in [0, 0.05) is 18.0 Å². The van der Waals surface area contributed by atoms with Crippen molar-refractivity contribution in [2.24, 2.45) is 7.05 Å². The number of anilines is 1.